The largest absolute Gasteiger partial charge is 0.388 e. The van der Waals surface area contributed by atoms with Crippen LogP contribution in [0.4, 0.5) is 0 Å². The van der Waals surface area contributed by atoms with E-state index in [-0.39, 0.29) is 13.2 Å². The zero-order valence-corrected chi connectivity index (χ0v) is 17.0. The van der Waals surface area contributed by atoms with E-state index in [0.29, 0.717) is 0 Å². The van der Waals surface area contributed by atoms with Gasteiger partial charge in [-0.1, -0.05) is 42.5 Å². The molecule has 10 heteroatoms. The highest BCUT2D eigenvalue weighted by atomic mass is 16.7. The van der Waals surface area contributed by atoms with Crippen LogP contribution in [0.25, 0.3) is 6.08 Å². The van der Waals surface area contributed by atoms with Gasteiger partial charge in [-0.2, -0.15) is 0 Å². The lowest BCUT2D eigenvalue weighted by Crippen LogP contribution is -2.61. The van der Waals surface area contributed by atoms with E-state index in [0.717, 1.165) is 5.56 Å². The molecule has 2 saturated heterocycles. The van der Waals surface area contributed by atoms with E-state index in [9.17, 15) is 30.6 Å². The first kappa shape index (κ1) is 24.2. The van der Waals surface area contributed by atoms with Crippen molar-refractivity contribution in [2.45, 2.75) is 68.3 Å². The van der Waals surface area contributed by atoms with Gasteiger partial charge in [-0.3, -0.25) is 0 Å². The molecule has 0 unspecified atom stereocenters. The molecule has 2 heterocycles. The Hall–Kier alpha value is -1.44. The van der Waals surface area contributed by atoms with Crippen molar-refractivity contribution in [3.8, 4) is 0 Å². The maximum Gasteiger partial charge on any atom is 0.187 e. The summed E-state index contributed by atoms with van der Waals surface area (Å²) in [7, 11) is 0. The van der Waals surface area contributed by atoms with Crippen molar-refractivity contribution in [3.63, 3.8) is 0 Å². The van der Waals surface area contributed by atoms with Gasteiger partial charge in [0.2, 0.25) is 0 Å². The lowest BCUT2D eigenvalue weighted by atomic mass is 9.98. The van der Waals surface area contributed by atoms with Crippen LogP contribution in [0.3, 0.4) is 0 Å². The first-order valence-corrected chi connectivity index (χ1v) is 10.1. The average molecular weight is 442 g/mol. The normalized spacial score (nSPS) is 41.5. The second-order valence-corrected chi connectivity index (χ2v) is 7.68. The molecule has 2 aliphatic rings. The highest BCUT2D eigenvalue weighted by Gasteiger charge is 2.46. The monoisotopic (exact) mass is 442 g/mol. The minimum absolute atomic E-state index is 0.0824. The van der Waals surface area contributed by atoms with Crippen molar-refractivity contribution in [2.24, 2.45) is 0 Å². The van der Waals surface area contributed by atoms with Gasteiger partial charge in [-0.05, 0) is 12.5 Å². The van der Waals surface area contributed by atoms with Gasteiger partial charge >= 0.3 is 0 Å². The van der Waals surface area contributed by atoms with Crippen LogP contribution in [0.1, 0.15) is 12.5 Å². The van der Waals surface area contributed by atoms with Gasteiger partial charge in [0.05, 0.1) is 19.3 Å². The van der Waals surface area contributed by atoms with Crippen LogP contribution in [-0.2, 0) is 18.9 Å². The molecule has 1 aromatic rings. The summed E-state index contributed by atoms with van der Waals surface area (Å²) in [4.78, 5) is 0. The molecule has 3 rings (SSSR count). The molecule has 2 fully saturated rings. The number of rotatable bonds is 7. The predicted octanol–water partition coefficient (Wildman–Crippen LogP) is -1.63. The molecule has 0 aromatic heterocycles. The third-order valence-electron chi connectivity index (χ3n) is 5.37. The third kappa shape index (κ3) is 5.88. The van der Waals surface area contributed by atoms with Gasteiger partial charge in [-0.15, -0.1) is 0 Å². The predicted molar refractivity (Wildman–Crippen MR) is 106 cm³/mol. The highest BCUT2D eigenvalue weighted by molar-refractivity contribution is 5.48. The van der Waals surface area contributed by atoms with Crippen LogP contribution < -0.4 is 0 Å². The summed E-state index contributed by atoms with van der Waals surface area (Å²) in [6.45, 7) is 1.26. The van der Waals surface area contributed by atoms with Crippen LogP contribution in [0.5, 0.6) is 0 Å². The molecule has 0 saturated carbocycles. The maximum atomic E-state index is 10.2. The van der Waals surface area contributed by atoms with Crippen LogP contribution >= 0.6 is 0 Å². The molecule has 2 aliphatic heterocycles. The van der Waals surface area contributed by atoms with E-state index in [1.165, 1.54) is 6.92 Å². The summed E-state index contributed by atoms with van der Waals surface area (Å²) in [6, 6.07) is 9.51. The standard InChI is InChI=1S/C21H30O10/c1-11-14(22)16(24)18(26)21(30-11)29-10-13-15(23)17(25)19(27)20(31-13)28-9-5-8-12-6-3-2-4-7-12/h2-8,11,13-27H,9-10H2,1H3/t11-,13+,14-,15+,16+,17-,18+,19+,20+,21+/m0/s1. The first-order chi connectivity index (χ1) is 14.8. The van der Waals surface area contributed by atoms with Crippen molar-refractivity contribution in [2.75, 3.05) is 13.2 Å². The zero-order chi connectivity index (χ0) is 22.5. The first-order valence-electron chi connectivity index (χ1n) is 10.1. The van der Waals surface area contributed by atoms with Crippen LogP contribution in [0.2, 0.25) is 0 Å². The van der Waals surface area contributed by atoms with E-state index < -0.39 is 61.4 Å². The summed E-state index contributed by atoms with van der Waals surface area (Å²) in [5, 5.41) is 60.1. The Morgan fingerprint density at radius 1 is 0.774 bits per heavy atom. The Bertz CT molecular complexity index is 701. The topological polar surface area (TPSA) is 158 Å². The average Bonchev–Trinajstić information content (AvgIpc) is 2.78. The number of hydrogen-bond donors (Lipinski definition) is 6. The van der Waals surface area contributed by atoms with Gasteiger partial charge in [-0.25, -0.2) is 0 Å². The van der Waals surface area contributed by atoms with Gasteiger partial charge in [0, 0.05) is 0 Å². The lowest BCUT2D eigenvalue weighted by Gasteiger charge is -2.42. The smallest absolute Gasteiger partial charge is 0.187 e. The molecule has 10 atom stereocenters. The summed E-state index contributed by atoms with van der Waals surface area (Å²) < 4.78 is 21.8. The van der Waals surface area contributed by atoms with Crippen LogP contribution in [0.15, 0.2) is 36.4 Å². The van der Waals surface area contributed by atoms with Gasteiger partial charge in [0.1, 0.15) is 42.7 Å². The molecular weight excluding hydrogens is 412 g/mol. The van der Waals surface area contributed by atoms with Gasteiger partial charge in [0.25, 0.3) is 0 Å². The van der Waals surface area contributed by atoms with E-state index in [1.807, 2.05) is 36.4 Å². The van der Waals surface area contributed by atoms with Crippen molar-refractivity contribution >= 4 is 6.08 Å². The quantitative estimate of drug-likeness (QED) is 0.289. The second-order valence-electron chi connectivity index (χ2n) is 7.68. The van der Waals surface area contributed by atoms with E-state index in [4.69, 9.17) is 18.9 Å². The van der Waals surface area contributed by atoms with E-state index >= 15 is 0 Å². The van der Waals surface area contributed by atoms with Crippen molar-refractivity contribution in [1.29, 1.82) is 0 Å². The summed E-state index contributed by atoms with van der Waals surface area (Å²) in [5.41, 5.74) is 0.963. The minimum Gasteiger partial charge on any atom is -0.388 e. The van der Waals surface area contributed by atoms with Crippen molar-refractivity contribution in [3.05, 3.63) is 42.0 Å². The fourth-order valence-corrected chi connectivity index (χ4v) is 3.43. The number of ether oxygens (including phenoxy) is 4. The molecule has 1 aromatic carbocycles. The Labute approximate surface area is 179 Å². The number of aliphatic hydroxyl groups is 6. The molecule has 174 valence electrons. The number of hydrogen-bond acceptors (Lipinski definition) is 10. The molecule has 6 N–H and O–H groups in total. The summed E-state index contributed by atoms with van der Waals surface area (Å²) >= 11 is 0. The van der Waals surface area contributed by atoms with Gasteiger partial charge in [0.15, 0.2) is 12.6 Å². The van der Waals surface area contributed by atoms with Crippen molar-refractivity contribution < 1.29 is 49.6 Å². The Balaban J connectivity index is 1.53. The molecule has 0 radical (unpaired) electrons. The van der Waals surface area contributed by atoms with Crippen molar-refractivity contribution in [1.82, 2.24) is 0 Å². The number of benzene rings is 1. The molecule has 0 spiro atoms. The highest BCUT2D eigenvalue weighted by Crippen LogP contribution is 2.25. The molecule has 10 nitrogen and oxygen atoms in total. The molecule has 0 bridgehead atoms. The third-order valence-corrected chi connectivity index (χ3v) is 5.37. The molecule has 0 amide bonds. The van der Waals surface area contributed by atoms with Gasteiger partial charge < -0.3 is 49.6 Å². The zero-order valence-electron chi connectivity index (χ0n) is 17.0. The fourth-order valence-electron chi connectivity index (χ4n) is 3.43. The van der Waals surface area contributed by atoms with Crippen LogP contribution in [-0.4, -0.2) is 105 Å². The van der Waals surface area contributed by atoms with Crippen LogP contribution in [0, 0.1) is 0 Å². The Kier molecular flexibility index (Phi) is 8.53. The Morgan fingerprint density at radius 2 is 1.39 bits per heavy atom. The summed E-state index contributed by atoms with van der Waals surface area (Å²) in [6.07, 6.45) is -9.62. The van der Waals surface area contributed by atoms with E-state index in [2.05, 4.69) is 0 Å². The lowest BCUT2D eigenvalue weighted by molar-refractivity contribution is -0.326. The molecular formula is C21H30O10. The minimum atomic E-state index is -1.55. The SMILES string of the molecule is C[C@@H]1O[C@@H](OC[C@H]2O[C@@H](OCC=Cc3ccccc3)[C@H](O)[C@@H](O)[C@@H]2O)[C@H](O)[C@H](O)[C@H]1O. The van der Waals surface area contributed by atoms with E-state index in [1.54, 1.807) is 6.08 Å². The maximum absolute atomic E-state index is 10.2. The molecule has 31 heavy (non-hydrogen) atoms. The Morgan fingerprint density at radius 3 is 2.06 bits per heavy atom. The number of aliphatic hydroxyl groups excluding tert-OH is 6. The second kappa shape index (κ2) is 10.9. The molecule has 0 aliphatic carbocycles. The summed E-state index contributed by atoms with van der Waals surface area (Å²) in [5.74, 6) is 0. The fraction of sp³-hybridized carbons (Fsp3) is 0.619.